The summed E-state index contributed by atoms with van der Waals surface area (Å²) in [4.78, 5) is 4.87. The highest BCUT2D eigenvalue weighted by Crippen LogP contribution is 2.37. The summed E-state index contributed by atoms with van der Waals surface area (Å²) in [6, 6.07) is 6.52. The van der Waals surface area contributed by atoms with Crippen LogP contribution in [0.4, 0.5) is 0 Å². The zero-order valence-corrected chi connectivity index (χ0v) is 14.0. The first-order valence-electron chi connectivity index (χ1n) is 8.17. The van der Waals surface area contributed by atoms with Crippen LogP contribution in [0.3, 0.4) is 0 Å². The number of aryl methyl sites for hydroxylation is 1. The summed E-state index contributed by atoms with van der Waals surface area (Å²) in [5, 5.41) is 1.24. The van der Waals surface area contributed by atoms with Gasteiger partial charge in [-0.25, -0.2) is 0 Å². The first kappa shape index (κ1) is 15.3. The number of hydrogen-bond donors (Lipinski definition) is 0. The van der Waals surface area contributed by atoms with E-state index in [1.54, 1.807) is 7.11 Å². The third-order valence-corrected chi connectivity index (χ3v) is 4.60. The Balaban J connectivity index is 2.25. The molecule has 0 radical (unpaired) electrons. The maximum Gasteiger partial charge on any atom is 0.119 e. The summed E-state index contributed by atoms with van der Waals surface area (Å²) >= 11 is 0. The van der Waals surface area contributed by atoms with Crippen LogP contribution in [0.2, 0.25) is 0 Å². The maximum atomic E-state index is 5.56. The number of benzene rings is 1. The zero-order valence-electron chi connectivity index (χ0n) is 14.0. The fraction of sp³-hybridized carbons (Fsp3) is 0.526. The quantitative estimate of drug-likeness (QED) is 0.832. The molecule has 1 aliphatic rings. The first-order valence-corrected chi connectivity index (χ1v) is 8.17. The molecule has 1 aliphatic heterocycles. The van der Waals surface area contributed by atoms with Crippen LogP contribution in [0, 0.1) is 6.92 Å². The Bertz CT molecular complexity index is 673. The lowest BCUT2D eigenvalue weighted by Crippen LogP contribution is -2.15. The van der Waals surface area contributed by atoms with E-state index in [2.05, 4.69) is 39.0 Å². The molecule has 1 aromatic carbocycles. The van der Waals surface area contributed by atoms with Crippen molar-refractivity contribution >= 4 is 10.9 Å². The molecule has 1 saturated heterocycles. The van der Waals surface area contributed by atoms with Gasteiger partial charge in [-0.3, -0.25) is 4.98 Å². The van der Waals surface area contributed by atoms with E-state index in [0.29, 0.717) is 11.8 Å². The number of rotatable bonds is 3. The first-order chi connectivity index (χ1) is 10.6. The molecule has 2 aromatic rings. The van der Waals surface area contributed by atoms with Gasteiger partial charge in [-0.05, 0) is 60.9 Å². The Hall–Kier alpha value is -1.61. The van der Waals surface area contributed by atoms with Crippen molar-refractivity contribution in [3.63, 3.8) is 0 Å². The highest BCUT2D eigenvalue weighted by molar-refractivity contribution is 5.88. The minimum Gasteiger partial charge on any atom is -0.497 e. The molecule has 0 atom stereocenters. The molecule has 118 valence electrons. The molecule has 2 heterocycles. The van der Waals surface area contributed by atoms with Crippen molar-refractivity contribution in [1.29, 1.82) is 0 Å². The van der Waals surface area contributed by atoms with Gasteiger partial charge in [-0.15, -0.1) is 0 Å². The predicted octanol–water partition coefficient (Wildman–Crippen LogP) is 4.57. The van der Waals surface area contributed by atoms with E-state index in [1.807, 2.05) is 0 Å². The molecule has 0 amide bonds. The monoisotopic (exact) mass is 299 g/mol. The molecule has 0 saturated carbocycles. The largest absolute Gasteiger partial charge is 0.497 e. The van der Waals surface area contributed by atoms with Crippen molar-refractivity contribution < 1.29 is 9.47 Å². The highest BCUT2D eigenvalue weighted by atomic mass is 16.5. The van der Waals surface area contributed by atoms with Gasteiger partial charge in [0.1, 0.15) is 5.75 Å². The molecular formula is C19H25NO2. The lowest BCUT2D eigenvalue weighted by molar-refractivity contribution is 0.0855. The van der Waals surface area contributed by atoms with Gasteiger partial charge in [-0.1, -0.05) is 13.8 Å². The van der Waals surface area contributed by atoms with Crippen LogP contribution in [0.15, 0.2) is 18.2 Å². The van der Waals surface area contributed by atoms with E-state index in [0.717, 1.165) is 43.0 Å². The molecule has 3 nitrogen and oxygen atoms in total. The van der Waals surface area contributed by atoms with E-state index in [-0.39, 0.29) is 0 Å². The Kier molecular flexibility index (Phi) is 4.34. The number of hydrogen-bond acceptors (Lipinski definition) is 3. The van der Waals surface area contributed by atoms with Crippen LogP contribution >= 0.6 is 0 Å². The van der Waals surface area contributed by atoms with Crippen molar-refractivity contribution in [3.8, 4) is 5.75 Å². The van der Waals surface area contributed by atoms with Crippen molar-refractivity contribution in [1.82, 2.24) is 4.98 Å². The van der Waals surface area contributed by atoms with Gasteiger partial charge in [0, 0.05) is 24.3 Å². The zero-order chi connectivity index (χ0) is 15.7. The fourth-order valence-electron chi connectivity index (χ4n) is 3.40. The summed E-state index contributed by atoms with van der Waals surface area (Å²) in [7, 11) is 1.74. The van der Waals surface area contributed by atoms with Gasteiger partial charge in [-0.2, -0.15) is 0 Å². The SMILES string of the molecule is COc1cc(C2CCOCC2)c2nc(C)cc(C(C)C)c2c1. The molecular weight excluding hydrogens is 274 g/mol. The minimum absolute atomic E-state index is 0.471. The van der Waals surface area contributed by atoms with Gasteiger partial charge in [0.2, 0.25) is 0 Å². The topological polar surface area (TPSA) is 31.4 Å². The molecule has 0 spiro atoms. The van der Waals surface area contributed by atoms with Crippen LogP contribution in [-0.4, -0.2) is 25.3 Å². The van der Waals surface area contributed by atoms with E-state index in [1.165, 1.54) is 16.5 Å². The smallest absolute Gasteiger partial charge is 0.119 e. The second-order valence-corrected chi connectivity index (χ2v) is 6.51. The maximum absolute atomic E-state index is 5.56. The summed E-state index contributed by atoms with van der Waals surface area (Å²) in [5.74, 6) is 1.92. The normalized spacial score (nSPS) is 16.4. The third-order valence-electron chi connectivity index (χ3n) is 4.60. The van der Waals surface area contributed by atoms with Crippen molar-refractivity contribution in [2.24, 2.45) is 0 Å². The molecule has 1 aromatic heterocycles. The van der Waals surface area contributed by atoms with Gasteiger partial charge < -0.3 is 9.47 Å². The Morgan fingerprint density at radius 1 is 1.18 bits per heavy atom. The molecule has 3 heteroatoms. The second-order valence-electron chi connectivity index (χ2n) is 6.51. The predicted molar refractivity (Wildman–Crippen MR) is 89.9 cm³/mol. The second kappa shape index (κ2) is 6.25. The lowest BCUT2D eigenvalue weighted by Gasteiger charge is -2.25. The Morgan fingerprint density at radius 3 is 2.55 bits per heavy atom. The summed E-state index contributed by atoms with van der Waals surface area (Å²) in [6.45, 7) is 8.24. The van der Waals surface area contributed by atoms with Crippen LogP contribution < -0.4 is 4.74 Å². The molecule has 1 fully saturated rings. The average molecular weight is 299 g/mol. The average Bonchev–Trinajstić information content (AvgIpc) is 2.53. The number of methoxy groups -OCH3 is 1. The summed E-state index contributed by atoms with van der Waals surface area (Å²) < 4.78 is 11.1. The molecule has 3 rings (SSSR count). The Morgan fingerprint density at radius 2 is 1.91 bits per heavy atom. The van der Waals surface area contributed by atoms with Crippen LogP contribution in [0.25, 0.3) is 10.9 Å². The molecule has 0 N–H and O–H groups in total. The lowest BCUT2D eigenvalue weighted by atomic mass is 9.87. The number of nitrogens with zero attached hydrogens (tertiary/aromatic N) is 1. The van der Waals surface area contributed by atoms with E-state index >= 15 is 0 Å². The van der Waals surface area contributed by atoms with Gasteiger partial charge >= 0.3 is 0 Å². The minimum atomic E-state index is 0.471. The highest BCUT2D eigenvalue weighted by Gasteiger charge is 2.21. The number of pyridine rings is 1. The standard InChI is InChI=1S/C19H25NO2/c1-12(2)16-9-13(3)20-19-17(14-5-7-22-8-6-14)10-15(21-4)11-18(16)19/h9-12,14H,5-8H2,1-4H3. The van der Waals surface area contributed by atoms with Crippen LogP contribution in [0.5, 0.6) is 5.75 Å². The van der Waals surface area contributed by atoms with Gasteiger partial charge in [0.25, 0.3) is 0 Å². The molecule has 22 heavy (non-hydrogen) atoms. The molecule has 0 bridgehead atoms. The fourth-order valence-corrected chi connectivity index (χ4v) is 3.40. The van der Waals surface area contributed by atoms with E-state index in [4.69, 9.17) is 14.5 Å². The van der Waals surface area contributed by atoms with Crippen molar-refractivity contribution in [3.05, 3.63) is 35.0 Å². The molecule has 0 unspecified atom stereocenters. The van der Waals surface area contributed by atoms with E-state index < -0.39 is 0 Å². The number of aromatic nitrogens is 1. The molecule has 0 aliphatic carbocycles. The Labute approximate surface area is 132 Å². The summed E-state index contributed by atoms with van der Waals surface area (Å²) in [6.07, 6.45) is 2.13. The van der Waals surface area contributed by atoms with Crippen molar-refractivity contribution in [2.75, 3.05) is 20.3 Å². The van der Waals surface area contributed by atoms with Crippen LogP contribution in [0.1, 0.15) is 55.3 Å². The van der Waals surface area contributed by atoms with E-state index in [9.17, 15) is 0 Å². The third kappa shape index (κ3) is 2.82. The number of fused-ring (bicyclic) bond motifs is 1. The summed E-state index contributed by atoms with van der Waals surface area (Å²) in [5.41, 5.74) is 4.92. The number of ether oxygens (including phenoxy) is 2. The van der Waals surface area contributed by atoms with Crippen LogP contribution in [-0.2, 0) is 4.74 Å². The van der Waals surface area contributed by atoms with Gasteiger partial charge in [0.05, 0.1) is 12.6 Å². The van der Waals surface area contributed by atoms with Gasteiger partial charge in [0.15, 0.2) is 0 Å². The van der Waals surface area contributed by atoms with Crippen molar-refractivity contribution in [2.45, 2.75) is 45.4 Å².